The van der Waals surface area contributed by atoms with Crippen molar-refractivity contribution in [2.24, 2.45) is 0 Å². The fourth-order valence-electron chi connectivity index (χ4n) is 0.951. The van der Waals surface area contributed by atoms with Crippen LogP contribution in [0.25, 0.3) is 0 Å². The number of hydrogen-bond acceptors (Lipinski definition) is 0. The Balaban J connectivity index is -0.000000249. The Kier molecular flexibility index (Phi) is 16.6. The number of hydrogen-bond donors (Lipinski definition) is 0. The van der Waals surface area contributed by atoms with E-state index in [2.05, 4.69) is 45.0 Å². The molecular formula is C11H20Cl3ORu. The van der Waals surface area contributed by atoms with Gasteiger partial charge >= 0.3 is 42.1 Å². The second kappa shape index (κ2) is 12.1. The summed E-state index contributed by atoms with van der Waals surface area (Å²) >= 11 is -1.75. The van der Waals surface area contributed by atoms with Crippen molar-refractivity contribution in [3.05, 3.63) is 35.4 Å². The van der Waals surface area contributed by atoms with Gasteiger partial charge in [-0.05, 0) is 18.4 Å². The molecule has 0 saturated carbocycles. The van der Waals surface area contributed by atoms with Gasteiger partial charge in [0.25, 0.3) is 0 Å². The molecule has 16 heavy (non-hydrogen) atoms. The molecule has 0 spiro atoms. The van der Waals surface area contributed by atoms with Gasteiger partial charge in [0.15, 0.2) is 0 Å². The van der Waals surface area contributed by atoms with Crippen molar-refractivity contribution in [1.82, 2.24) is 0 Å². The summed E-state index contributed by atoms with van der Waals surface area (Å²) in [4.78, 5) is 0. The van der Waals surface area contributed by atoms with Gasteiger partial charge in [-0.25, -0.2) is 0 Å². The van der Waals surface area contributed by atoms with Crippen molar-refractivity contribution in [3.63, 3.8) is 0 Å². The van der Waals surface area contributed by atoms with E-state index in [1.807, 2.05) is 0 Å². The summed E-state index contributed by atoms with van der Waals surface area (Å²) in [5.74, 6) is 0.653. The van der Waals surface area contributed by atoms with Gasteiger partial charge in [0.05, 0.1) is 0 Å². The third kappa shape index (κ3) is 12.7. The third-order valence-corrected chi connectivity index (χ3v) is 1.74. The van der Waals surface area contributed by atoms with E-state index < -0.39 is 13.0 Å². The van der Waals surface area contributed by atoms with Crippen molar-refractivity contribution in [2.45, 2.75) is 34.1 Å². The molecule has 0 saturated heterocycles. The van der Waals surface area contributed by atoms with Gasteiger partial charge in [0, 0.05) is 0 Å². The van der Waals surface area contributed by atoms with E-state index in [0.717, 1.165) is 0 Å². The predicted octanol–water partition coefficient (Wildman–Crippen LogP) is 5.00. The van der Waals surface area contributed by atoms with Gasteiger partial charge in [-0.3, -0.25) is 0 Å². The summed E-state index contributed by atoms with van der Waals surface area (Å²) in [7, 11) is 14.8. The second-order valence-corrected chi connectivity index (χ2v) is 11.1. The topological polar surface area (TPSA) is 31.5 Å². The molecule has 0 bridgehead atoms. The maximum atomic E-state index is 4.95. The van der Waals surface area contributed by atoms with E-state index in [1.54, 1.807) is 0 Å². The quantitative estimate of drug-likeness (QED) is 0.619. The monoisotopic (exact) mass is 375 g/mol. The van der Waals surface area contributed by atoms with Crippen LogP contribution in [0.15, 0.2) is 24.3 Å². The third-order valence-electron chi connectivity index (χ3n) is 1.74. The molecule has 0 amide bonds. The van der Waals surface area contributed by atoms with Gasteiger partial charge < -0.3 is 5.48 Å². The molecule has 0 fully saturated rings. The molecule has 5 heteroatoms. The zero-order valence-electron chi connectivity index (χ0n) is 8.87. The first kappa shape index (κ1) is 21.9. The van der Waals surface area contributed by atoms with Crippen molar-refractivity contribution in [2.75, 3.05) is 0 Å². The maximum absolute atomic E-state index is 4.95. The molecule has 99 valence electrons. The first-order valence-electron chi connectivity index (χ1n) is 4.17. The van der Waals surface area contributed by atoms with Crippen molar-refractivity contribution in [1.29, 1.82) is 0 Å². The number of aryl methyl sites for hydroxylation is 1. The predicted molar refractivity (Wildman–Crippen MR) is 73.2 cm³/mol. The first-order valence-corrected chi connectivity index (χ1v) is 10.9. The summed E-state index contributed by atoms with van der Waals surface area (Å²) in [6.45, 7) is 6.54. The Morgan fingerprint density at radius 2 is 1.31 bits per heavy atom. The van der Waals surface area contributed by atoms with Crippen LogP contribution in [0.1, 0.15) is 38.3 Å². The van der Waals surface area contributed by atoms with Crippen LogP contribution in [-0.4, -0.2) is 5.48 Å². The molecule has 1 nitrogen and oxygen atoms in total. The zero-order valence-corrected chi connectivity index (χ0v) is 12.9. The summed E-state index contributed by atoms with van der Waals surface area (Å²) < 4.78 is 0. The molecule has 1 aromatic carbocycles. The number of halogens is 3. The van der Waals surface area contributed by atoms with E-state index >= 15 is 0 Å². The van der Waals surface area contributed by atoms with Gasteiger partial charge in [-0.15, -0.1) is 0 Å². The van der Waals surface area contributed by atoms with Crippen LogP contribution in [0.3, 0.4) is 0 Å². The Morgan fingerprint density at radius 3 is 1.56 bits per heavy atom. The summed E-state index contributed by atoms with van der Waals surface area (Å²) in [6, 6.07) is 8.71. The van der Waals surface area contributed by atoms with Crippen molar-refractivity contribution < 1.29 is 18.5 Å². The van der Waals surface area contributed by atoms with Crippen LogP contribution in [0.2, 0.25) is 0 Å². The Bertz CT molecular complexity index is 247. The van der Waals surface area contributed by atoms with Crippen LogP contribution in [0, 0.1) is 6.92 Å². The summed E-state index contributed by atoms with van der Waals surface area (Å²) in [5, 5.41) is 0. The van der Waals surface area contributed by atoms with E-state index in [9.17, 15) is 0 Å². The van der Waals surface area contributed by atoms with Crippen LogP contribution in [0.4, 0.5) is 0 Å². The fourth-order valence-corrected chi connectivity index (χ4v) is 0.951. The minimum absolute atomic E-state index is 0. The molecule has 0 atom stereocenters. The normalized spacial score (nSPS) is 9.31. The molecule has 0 aliphatic carbocycles. The second-order valence-electron chi connectivity index (χ2n) is 3.22. The van der Waals surface area contributed by atoms with E-state index in [-0.39, 0.29) is 12.9 Å². The molecule has 1 aromatic rings. The van der Waals surface area contributed by atoms with Crippen LogP contribution < -0.4 is 0 Å². The van der Waals surface area contributed by atoms with Gasteiger partial charge in [0.1, 0.15) is 0 Å². The summed E-state index contributed by atoms with van der Waals surface area (Å²) in [6.07, 6.45) is 0. The minimum atomic E-state index is -1.75. The molecule has 0 aliphatic heterocycles. The van der Waals surface area contributed by atoms with Gasteiger partial charge in [0.2, 0.25) is 0 Å². The molecule has 0 aromatic heterocycles. The first-order chi connectivity index (χ1) is 6.43. The van der Waals surface area contributed by atoms with E-state index in [1.165, 1.54) is 11.1 Å². The molecular weight excluding hydrogens is 356 g/mol. The number of rotatable bonds is 1. The van der Waals surface area contributed by atoms with E-state index in [4.69, 9.17) is 29.1 Å². The van der Waals surface area contributed by atoms with Gasteiger partial charge in [-0.2, -0.15) is 0 Å². The van der Waals surface area contributed by atoms with Gasteiger partial charge in [-0.1, -0.05) is 51.1 Å². The molecule has 0 radical (unpaired) electrons. The Hall–Kier alpha value is 0.673. The molecule has 2 N–H and O–H groups in total. The fraction of sp³-hybridized carbons (Fsp3) is 0.455. The Morgan fingerprint density at radius 1 is 1.00 bits per heavy atom. The number of benzene rings is 1. The van der Waals surface area contributed by atoms with Crippen LogP contribution in [0.5, 0.6) is 0 Å². The molecule has 1 rings (SSSR count). The zero-order chi connectivity index (χ0) is 11.1. The molecule has 0 unspecified atom stereocenters. The SMILES string of the molecule is C.Cc1ccc(C(C)C)cc1.O.[Cl][Ru]([Cl])[Cl]. The van der Waals surface area contributed by atoms with Crippen molar-refractivity contribution >= 4 is 29.1 Å². The summed E-state index contributed by atoms with van der Waals surface area (Å²) in [5.41, 5.74) is 2.76. The van der Waals surface area contributed by atoms with Crippen LogP contribution in [-0.2, 0) is 13.0 Å². The van der Waals surface area contributed by atoms with Crippen LogP contribution >= 0.6 is 29.1 Å². The average Bonchev–Trinajstić information content (AvgIpc) is 2.03. The standard InChI is InChI=1S/C10H14.CH4.3ClH.H2O.Ru/c1-8(2)10-6-4-9(3)5-7-10;;;;;;/h4-8H,1-3H3;1H4;3*1H;1H2;/q;;;;;;+3/p-3. The van der Waals surface area contributed by atoms with E-state index in [0.29, 0.717) is 5.92 Å². The molecule has 0 heterocycles. The molecule has 0 aliphatic rings. The Labute approximate surface area is 116 Å². The average molecular weight is 376 g/mol. The van der Waals surface area contributed by atoms with Crippen molar-refractivity contribution in [3.8, 4) is 0 Å².